The summed E-state index contributed by atoms with van der Waals surface area (Å²) in [5.74, 6) is -4.38. The molecule has 0 saturated carbocycles. The molecule has 0 saturated heterocycles. The Hall–Kier alpha value is -1.92. The van der Waals surface area contributed by atoms with Gasteiger partial charge >= 0.3 is 0 Å². The fourth-order valence-corrected chi connectivity index (χ4v) is 2.19. The molecule has 2 unspecified atom stereocenters. The smallest absolute Gasteiger partial charge is 0.131 e. The van der Waals surface area contributed by atoms with Crippen molar-refractivity contribution in [1.82, 2.24) is 0 Å². The summed E-state index contributed by atoms with van der Waals surface area (Å²) in [7, 11) is 0. The molecule has 0 aliphatic heterocycles. The van der Waals surface area contributed by atoms with E-state index in [0.717, 1.165) is 24.3 Å². The average molecular weight is 299 g/mol. The van der Waals surface area contributed by atoms with Crippen molar-refractivity contribution in [2.24, 2.45) is 5.73 Å². The molecular weight excluding hydrogens is 286 g/mol. The molecule has 6 heteroatoms. The first-order chi connectivity index (χ1) is 9.93. The predicted octanol–water partition coefficient (Wildman–Crippen LogP) is 3.02. The first-order valence-corrected chi connectivity index (χ1v) is 6.22. The van der Waals surface area contributed by atoms with Gasteiger partial charge in [0, 0.05) is 30.2 Å². The van der Waals surface area contributed by atoms with Gasteiger partial charge in [0.15, 0.2) is 0 Å². The Morgan fingerprint density at radius 2 is 1.33 bits per heavy atom. The molecule has 2 rings (SSSR count). The topological polar surface area (TPSA) is 46.2 Å². The summed E-state index contributed by atoms with van der Waals surface area (Å²) in [5.41, 5.74) is 5.28. The van der Waals surface area contributed by atoms with E-state index in [1.807, 2.05) is 0 Å². The van der Waals surface area contributed by atoms with E-state index in [0.29, 0.717) is 12.1 Å². The van der Waals surface area contributed by atoms with Crippen molar-refractivity contribution in [1.29, 1.82) is 0 Å². The maximum Gasteiger partial charge on any atom is 0.131 e. The van der Waals surface area contributed by atoms with Crippen molar-refractivity contribution in [3.63, 3.8) is 0 Å². The second-order valence-corrected chi connectivity index (χ2v) is 4.62. The van der Waals surface area contributed by atoms with Gasteiger partial charge in [-0.25, -0.2) is 17.6 Å². The highest BCUT2D eigenvalue weighted by Gasteiger charge is 2.26. The lowest BCUT2D eigenvalue weighted by molar-refractivity contribution is 0.141. The van der Waals surface area contributed by atoms with Crippen LogP contribution < -0.4 is 5.73 Å². The molecule has 0 radical (unpaired) electrons. The van der Waals surface area contributed by atoms with Gasteiger partial charge in [0.2, 0.25) is 0 Å². The van der Waals surface area contributed by atoms with Crippen molar-refractivity contribution in [2.75, 3.05) is 6.54 Å². The molecule has 112 valence electrons. The normalized spacial score (nSPS) is 14.0. The van der Waals surface area contributed by atoms with Gasteiger partial charge in [-0.1, -0.05) is 12.1 Å². The molecule has 0 heterocycles. The van der Waals surface area contributed by atoms with Crippen LogP contribution in [-0.2, 0) is 0 Å². The van der Waals surface area contributed by atoms with E-state index in [9.17, 15) is 22.7 Å². The Kier molecular flexibility index (Phi) is 4.59. The van der Waals surface area contributed by atoms with Crippen molar-refractivity contribution < 1.29 is 22.7 Å². The fraction of sp³-hybridized carbons (Fsp3) is 0.200. The second kappa shape index (κ2) is 6.24. The zero-order chi connectivity index (χ0) is 15.6. The third-order valence-corrected chi connectivity index (χ3v) is 3.28. The van der Waals surface area contributed by atoms with Crippen LogP contribution in [0.15, 0.2) is 36.4 Å². The Bertz CT molecular complexity index is 648. The van der Waals surface area contributed by atoms with E-state index in [-0.39, 0.29) is 17.7 Å². The lowest BCUT2D eigenvalue weighted by Crippen LogP contribution is -2.22. The number of aliphatic hydroxyl groups excluding tert-OH is 1. The predicted molar refractivity (Wildman–Crippen MR) is 69.5 cm³/mol. The van der Waals surface area contributed by atoms with Gasteiger partial charge < -0.3 is 10.8 Å². The number of aliphatic hydroxyl groups is 1. The lowest BCUT2D eigenvalue weighted by atomic mass is 9.88. The van der Waals surface area contributed by atoms with Gasteiger partial charge in [-0.15, -0.1) is 0 Å². The largest absolute Gasteiger partial charge is 0.388 e. The van der Waals surface area contributed by atoms with E-state index in [1.165, 1.54) is 0 Å². The molecule has 0 aromatic heterocycles. The molecule has 2 aromatic rings. The van der Waals surface area contributed by atoms with E-state index < -0.39 is 35.3 Å². The van der Waals surface area contributed by atoms with Gasteiger partial charge in [-0.3, -0.25) is 0 Å². The summed E-state index contributed by atoms with van der Waals surface area (Å²) in [6.07, 6.45) is -1.48. The van der Waals surface area contributed by atoms with E-state index >= 15 is 0 Å². The minimum Gasteiger partial charge on any atom is -0.388 e. The van der Waals surface area contributed by atoms with Crippen LogP contribution in [0.4, 0.5) is 17.6 Å². The summed E-state index contributed by atoms with van der Waals surface area (Å²) >= 11 is 0. The summed E-state index contributed by atoms with van der Waals surface area (Å²) in [5, 5.41) is 10.2. The Balaban J connectivity index is 2.40. The molecule has 0 amide bonds. The summed E-state index contributed by atoms with van der Waals surface area (Å²) in [4.78, 5) is 0. The number of rotatable bonds is 4. The number of halogens is 4. The Morgan fingerprint density at radius 1 is 0.857 bits per heavy atom. The van der Waals surface area contributed by atoms with Crippen molar-refractivity contribution >= 4 is 0 Å². The number of benzene rings is 2. The molecule has 0 aliphatic carbocycles. The first-order valence-electron chi connectivity index (χ1n) is 6.22. The molecule has 0 spiro atoms. The summed E-state index contributed by atoms with van der Waals surface area (Å²) < 4.78 is 53.2. The Morgan fingerprint density at radius 3 is 1.76 bits per heavy atom. The molecule has 2 atom stereocenters. The van der Waals surface area contributed by atoms with Crippen LogP contribution in [0.5, 0.6) is 0 Å². The van der Waals surface area contributed by atoms with E-state index in [2.05, 4.69) is 0 Å². The molecule has 0 fully saturated rings. The molecule has 0 aliphatic rings. The molecule has 0 bridgehead atoms. The molecular formula is C15H13F4NO. The summed E-state index contributed by atoms with van der Waals surface area (Å²) in [6.45, 7) is -0.194. The van der Waals surface area contributed by atoms with Gasteiger partial charge in [-0.2, -0.15) is 0 Å². The maximum absolute atomic E-state index is 13.8. The third-order valence-electron chi connectivity index (χ3n) is 3.28. The van der Waals surface area contributed by atoms with Crippen molar-refractivity contribution in [2.45, 2.75) is 12.0 Å². The SMILES string of the molecule is NCC(c1ccc(F)cc1F)C(O)c1ccc(F)cc1F. The molecule has 21 heavy (non-hydrogen) atoms. The molecule has 2 aromatic carbocycles. The van der Waals surface area contributed by atoms with Crippen LogP contribution in [0.2, 0.25) is 0 Å². The van der Waals surface area contributed by atoms with Gasteiger partial charge in [0.05, 0.1) is 6.10 Å². The minimum absolute atomic E-state index is 0.0323. The third kappa shape index (κ3) is 3.22. The zero-order valence-electron chi connectivity index (χ0n) is 10.9. The van der Waals surface area contributed by atoms with Crippen LogP contribution in [0.1, 0.15) is 23.1 Å². The van der Waals surface area contributed by atoms with Crippen molar-refractivity contribution in [3.05, 3.63) is 70.8 Å². The number of hydrogen-bond donors (Lipinski definition) is 2. The van der Waals surface area contributed by atoms with Crippen LogP contribution in [-0.4, -0.2) is 11.7 Å². The molecule has 2 nitrogen and oxygen atoms in total. The monoisotopic (exact) mass is 299 g/mol. The van der Waals surface area contributed by atoms with Crippen LogP contribution >= 0.6 is 0 Å². The van der Waals surface area contributed by atoms with Gasteiger partial charge in [-0.05, 0) is 17.7 Å². The van der Waals surface area contributed by atoms with Gasteiger partial charge in [0.25, 0.3) is 0 Å². The average Bonchev–Trinajstić information content (AvgIpc) is 2.41. The summed E-state index contributed by atoms with van der Waals surface area (Å²) in [6, 6.07) is 5.50. The van der Waals surface area contributed by atoms with E-state index in [4.69, 9.17) is 5.73 Å². The minimum atomic E-state index is -1.48. The highest BCUT2D eigenvalue weighted by molar-refractivity contribution is 5.29. The zero-order valence-corrected chi connectivity index (χ0v) is 10.9. The number of hydrogen-bond acceptors (Lipinski definition) is 2. The molecule has 3 N–H and O–H groups in total. The van der Waals surface area contributed by atoms with E-state index in [1.54, 1.807) is 0 Å². The fourth-order valence-electron chi connectivity index (χ4n) is 2.19. The Labute approximate surface area is 118 Å². The van der Waals surface area contributed by atoms with Crippen LogP contribution in [0.25, 0.3) is 0 Å². The van der Waals surface area contributed by atoms with Crippen LogP contribution in [0, 0.1) is 23.3 Å². The van der Waals surface area contributed by atoms with Crippen LogP contribution in [0.3, 0.4) is 0 Å². The highest BCUT2D eigenvalue weighted by atomic mass is 19.1. The second-order valence-electron chi connectivity index (χ2n) is 4.62. The lowest BCUT2D eigenvalue weighted by Gasteiger charge is -2.23. The first kappa shape index (κ1) is 15.5. The van der Waals surface area contributed by atoms with Crippen molar-refractivity contribution in [3.8, 4) is 0 Å². The standard InChI is InChI=1S/C15H13F4NO/c16-8-1-3-10(13(18)5-8)12(7-20)15(21)11-4-2-9(17)6-14(11)19/h1-6,12,15,21H,7,20H2. The highest BCUT2D eigenvalue weighted by Crippen LogP contribution is 2.33. The van der Waals surface area contributed by atoms with Gasteiger partial charge in [0.1, 0.15) is 23.3 Å². The number of nitrogens with two attached hydrogens (primary N) is 1. The maximum atomic E-state index is 13.8. The quantitative estimate of drug-likeness (QED) is 0.853.